The zero-order valence-corrected chi connectivity index (χ0v) is 17.5. The molecule has 0 radical (unpaired) electrons. The maximum absolute atomic E-state index is 6.74. The highest BCUT2D eigenvalue weighted by molar-refractivity contribution is 6.40. The highest BCUT2D eigenvalue weighted by Gasteiger charge is 2.20. The minimum atomic E-state index is 0.0167. The van der Waals surface area contributed by atoms with Crippen molar-refractivity contribution >= 4 is 44.0 Å². The Morgan fingerprint density at radius 2 is 1.38 bits per heavy atom. The van der Waals surface area contributed by atoms with Gasteiger partial charge in [0.25, 0.3) is 0 Å². The van der Waals surface area contributed by atoms with Gasteiger partial charge in [-0.25, -0.2) is 9.97 Å². The molecule has 5 rings (SSSR count). The summed E-state index contributed by atoms with van der Waals surface area (Å²) in [5.74, 6) is 0. The number of nitrogens with zero attached hydrogens (tertiary/aromatic N) is 2. The third-order valence-electron chi connectivity index (χ3n) is 5.53. The Morgan fingerprint density at radius 3 is 2.10 bits per heavy atom. The second-order valence-corrected chi connectivity index (χ2v) is 8.90. The molecule has 0 amide bonds. The summed E-state index contributed by atoms with van der Waals surface area (Å²) >= 11 is 6.74. The minimum Gasteiger partial charge on any atom is -0.236 e. The van der Waals surface area contributed by atoms with E-state index in [1.807, 2.05) is 18.2 Å². The number of rotatable bonds is 1. The second-order valence-electron chi connectivity index (χ2n) is 8.53. The summed E-state index contributed by atoms with van der Waals surface area (Å²) in [4.78, 5) is 9.19. The van der Waals surface area contributed by atoms with E-state index in [2.05, 4.69) is 79.3 Å². The highest BCUT2D eigenvalue weighted by Crippen LogP contribution is 2.38. The largest absolute Gasteiger partial charge is 0.236 e. The van der Waals surface area contributed by atoms with Gasteiger partial charge in [-0.3, -0.25) is 0 Å². The molecule has 0 atom stereocenters. The van der Waals surface area contributed by atoms with Gasteiger partial charge in [0.15, 0.2) is 0 Å². The molecule has 0 aliphatic carbocycles. The Kier molecular flexibility index (Phi) is 4.07. The normalized spacial score (nSPS) is 12.1. The summed E-state index contributed by atoms with van der Waals surface area (Å²) in [6, 6.07) is 23.3. The maximum atomic E-state index is 6.74. The van der Waals surface area contributed by atoms with Gasteiger partial charge >= 0.3 is 0 Å². The van der Waals surface area contributed by atoms with Gasteiger partial charge in [0.2, 0.25) is 0 Å². The van der Waals surface area contributed by atoms with Crippen molar-refractivity contribution in [1.82, 2.24) is 9.97 Å². The molecule has 5 aromatic rings. The van der Waals surface area contributed by atoms with Gasteiger partial charge in [-0.2, -0.15) is 0 Å². The number of hydrogen-bond donors (Lipinski definition) is 0. The molecule has 0 spiro atoms. The van der Waals surface area contributed by atoms with Gasteiger partial charge in [-0.05, 0) is 45.3 Å². The van der Waals surface area contributed by atoms with Crippen molar-refractivity contribution < 1.29 is 0 Å². The fraction of sp³-hybridized carbons (Fsp3) is 0.154. The standard InChI is InChI=1S/C26H21ClN2/c1-26(2,3)22-14-18(12-16-8-4-6-10-19(16)22)24-21-13-17-9-5-7-11-20(17)23(27)25(21)29-15-28-24/h4-15H,1-3H3. The highest BCUT2D eigenvalue weighted by atomic mass is 35.5. The smallest absolute Gasteiger partial charge is 0.116 e. The third-order valence-corrected chi connectivity index (χ3v) is 5.91. The van der Waals surface area contributed by atoms with Crippen LogP contribution in [0.4, 0.5) is 0 Å². The van der Waals surface area contributed by atoms with Gasteiger partial charge in [-0.15, -0.1) is 0 Å². The summed E-state index contributed by atoms with van der Waals surface area (Å²) in [6.07, 6.45) is 1.62. The van der Waals surface area contributed by atoms with E-state index >= 15 is 0 Å². The Morgan fingerprint density at radius 1 is 0.724 bits per heavy atom. The van der Waals surface area contributed by atoms with E-state index in [4.69, 9.17) is 11.6 Å². The first-order valence-corrected chi connectivity index (χ1v) is 10.2. The number of benzene rings is 4. The molecule has 0 saturated carbocycles. The van der Waals surface area contributed by atoms with Crippen molar-refractivity contribution in [2.45, 2.75) is 26.2 Å². The zero-order chi connectivity index (χ0) is 20.2. The average Bonchev–Trinajstić information content (AvgIpc) is 2.72. The first-order valence-electron chi connectivity index (χ1n) is 9.79. The number of aromatic nitrogens is 2. The van der Waals surface area contributed by atoms with Crippen molar-refractivity contribution in [3.8, 4) is 11.3 Å². The Bertz CT molecular complexity index is 1400. The lowest BCUT2D eigenvalue weighted by Gasteiger charge is -2.23. The first kappa shape index (κ1) is 18.1. The molecular weight excluding hydrogens is 376 g/mol. The molecule has 3 heteroatoms. The molecule has 0 unspecified atom stereocenters. The fourth-order valence-electron chi connectivity index (χ4n) is 4.11. The number of halogens is 1. The second kappa shape index (κ2) is 6.53. The SMILES string of the molecule is CC(C)(C)c1cc(-c2ncnc3c(Cl)c4ccccc4cc23)cc2ccccc12. The number of hydrogen-bond acceptors (Lipinski definition) is 2. The van der Waals surface area contributed by atoms with Crippen LogP contribution in [-0.4, -0.2) is 9.97 Å². The van der Waals surface area contributed by atoms with Crippen LogP contribution in [0.2, 0.25) is 5.02 Å². The van der Waals surface area contributed by atoms with Crippen LogP contribution in [0, 0.1) is 0 Å². The summed E-state index contributed by atoms with van der Waals surface area (Å²) < 4.78 is 0. The Balaban J connectivity index is 1.88. The van der Waals surface area contributed by atoms with Crippen LogP contribution in [0.1, 0.15) is 26.3 Å². The van der Waals surface area contributed by atoms with Gasteiger partial charge in [0.1, 0.15) is 6.33 Å². The summed E-state index contributed by atoms with van der Waals surface area (Å²) in [5, 5.41) is 6.27. The van der Waals surface area contributed by atoms with E-state index in [0.717, 1.165) is 32.9 Å². The molecule has 0 bridgehead atoms. The molecule has 0 fully saturated rings. The van der Waals surface area contributed by atoms with Crippen molar-refractivity contribution in [3.63, 3.8) is 0 Å². The molecular formula is C26H21ClN2. The molecule has 29 heavy (non-hydrogen) atoms. The third kappa shape index (κ3) is 2.95. The summed E-state index contributed by atoms with van der Waals surface area (Å²) in [5.41, 5.74) is 4.12. The molecule has 0 saturated heterocycles. The topological polar surface area (TPSA) is 25.8 Å². The van der Waals surface area contributed by atoms with Crippen molar-refractivity contribution in [2.24, 2.45) is 0 Å². The van der Waals surface area contributed by atoms with E-state index in [0.29, 0.717) is 5.02 Å². The lowest BCUT2D eigenvalue weighted by molar-refractivity contribution is 0.596. The minimum absolute atomic E-state index is 0.0167. The molecule has 4 aromatic carbocycles. The van der Waals surface area contributed by atoms with E-state index in [1.165, 1.54) is 16.3 Å². The van der Waals surface area contributed by atoms with Crippen LogP contribution in [0.5, 0.6) is 0 Å². The van der Waals surface area contributed by atoms with Crippen LogP contribution < -0.4 is 0 Å². The monoisotopic (exact) mass is 396 g/mol. The predicted octanol–water partition coefficient (Wildman–Crippen LogP) is 7.55. The first-order chi connectivity index (χ1) is 13.9. The van der Waals surface area contributed by atoms with E-state index in [9.17, 15) is 0 Å². The molecule has 0 N–H and O–H groups in total. The van der Waals surface area contributed by atoms with Crippen LogP contribution in [0.3, 0.4) is 0 Å². The fourth-order valence-corrected chi connectivity index (χ4v) is 4.43. The average molecular weight is 397 g/mol. The van der Waals surface area contributed by atoms with Gasteiger partial charge in [0.05, 0.1) is 16.2 Å². The van der Waals surface area contributed by atoms with Gasteiger partial charge in [0, 0.05) is 16.3 Å². The molecule has 0 aliphatic heterocycles. The molecule has 1 aromatic heterocycles. The quantitative estimate of drug-likeness (QED) is 0.273. The lowest BCUT2D eigenvalue weighted by Crippen LogP contribution is -2.12. The summed E-state index contributed by atoms with van der Waals surface area (Å²) in [6.45, 7) is 6.75. The van der Waals surface area contributed by atoms with Crippen LogP contribution in [0.15, 0.2) is 73.1 Å². The van der Waals surface area contributed by atoms with E-state index < -0.39 is 0 Å². The Labute approximate surface area is 175 Å². The maximum Gasteiger partial charge on any atom is 0.116 e. The molecule has 2 nitrogen and oxygen atoms in total. The van der Waals surface area contributed by atoms with Gasteiger partial charge < -0.3 is 0 Å². The van der Waals surface area contributed by atoms with Crippen molar-refractivity contribution in [2.75, 3.05) is 0 Å². The van der Waals surface area contributed by atoms with Crippen molar-refractivity contribution in [3.05, 3.63) is 83.6 Å². The molecule has 1 heterocycles. The Hall–Kier alpha value is -2.97. The predicted molar refractivity (Wildman–Crippen MR) is 124 cm³/mol. The van der Waals surface area contributed by atoms with Crippen LogP contribution >= 0.6 is 11.6 Å². The lowest BCUT2D eigenvalue weighted by atomic mass is 9.82. The zero-order valence-electron chi connectivity index (χ0n) is 16.7. The van der Waals surface area contributed by atoms with Crippen LogP contribution in [0.25, 0.3) is 43.7 Å². The molecule has 0 aliphatic rings. The van der Waals surface area contributed by atoms with Crippen molar-refractivity contribution in [1.29, 1.82) is 0 Å². The number of fused-ring (bicyclic) bond motifs is 3. The van der Waals surface area contributed by atoms with Gasteiger partial charge in [-0.1, -0.05) is 80.9 Å². The molecule has 142 valence electrons. The summed E-state index contributed by atoms with van der Waals surface area (Å²) in [7, 11) is 0. The van der Waals surface area contributed by atoms with E-state index in [1.54, 1.807) is 6.33 Å². The van der Waals surface area contributed by atoms with Crippen LogP contribution in [-0.2, 0) is 5.41 Å². The van der Waals surface area contributed by atoms with E-state index in [-0.39, 0.29) is 5.41 Å².